The van der Waals surface area contributed by atoms with Crippen molar-refractivity contribution in [1.82, 2.24) is 0 Å². The fourth-order valence-electron chi connectivity index (χ4n) is 3.92. The maximum Gasteiger partial charge on any atom is 0.294 e. The van der Waals surface area contributed by atoms with E-state index in [0.717, 1.165) is 6.07 Å². The van der Waals surface area contributed by atoms with E-state index in [1.165, 1.54) is 18.2 Å². The summed E-state index contributed by atoms with van der Waals surface area (Å²) >= 11 is 12.4. The van der Waals surface area contributed by atoms with Gasteiger partial charge in [-0.15, -0.1) is 10.2 Å². The second-order valence-corrected chi connectivity index (χ2v) is 10.6. The van der Waals surface area contributed by atoms with Crippen LogP contribution in [0, 0.1) is 0 Å². The van der Waals surface area contributed by atoms with Crippen LogP contribution in [0.15, 0.2) is 75.8 Å². The highest BCUT2D eigenvalue weighted by atomic mass is 35.5. The van der Waals surface area contributed by atoms with Gasteiger partial charge >= 0.3 is 0 Å². The highest BCUT2D eigenvalue weighted by Gasteiger charge is 2.21. The van der Waals surface area contributed by atoms with Gasteiger partial charge in [-0.1, -0.05) is 54.4 Å². The number of nitrogens with one attached hydrogen (secondary N) is 1. The number of nitrogens with zero attached hydrogens (tertiary/aromatic N) is 2. The number of amides is 1. The van der Waals surface area contributed by atoms with Crippen LogP contribution in [0.4, 0.5) is 17.1 Å². The van der Waals surface area contributed by atoms with Gasteiger partial charge in [-0.05, 0) is 60.7 Å². The van der Waals surface area contributed by atoms with Crippen molar-refractivity contribution in [3.8, 4) is 11.5 Å². The fraction of sp³-hybridized carbons (Fsp3) is 0.148. The number of carbonyl (C=O) groups excluding carboxylic acids is 1. The van der Waals surface area contributed by atoms with Gasteiger partial charge in [0.2, 0.25) is 0 Å². The lowest BCUT2D eigenvalue weighted by Gasteiger charge is -2.14. The van der Waals surface area contributed by atoms with Crippen molar-refractivity contribution in [2.45, 2.75) is 25.2 Å². The average molecular weight is 588 g/mol. The highest BCUT2D eigenvalue weighted by Crippen LogP contribution is 2.41. The second kappa shape index (κ2) is 11.6. The van der Waals surface area contributed by atoms with Crippen molar-refractivity contribution in [3.63, 3.8) is 0 Å². The molecule has 12 heteroatoms. The standard InChI is InChI=1S/C27H23Cl2N3O6S/c1-3-15-11-18(39(35,36)37)14-21(29)24(15)31-32-25-19-8-6-5-7-16(19)12-20(26(25)33)27(34)30-22-13-17(28)9-10-23(22)38-4-2/h5-14,33H,3-4H2,1-2H3,(H,30,34)(H,35,36,37). The topological polar surface area (TPSA) is 138 Å². The Bertz CT molecular complexity index is 1720. The monoisotopic (exact) mass is 587 g/mol. The number of halogens is 2. The number of aryl methyl sites for hydroxylation is 1. The summed E-state index contributed by atoms with van der Waals surface area (Å²) in [7, 11) is -4.49. The van der Waals surface area contributed by atoms with E-state index >= 15 is 0 Å². The Balaban J connectivity index is 1.81. The largest absolute Gasteiger partial charge is 0.505 e. The molecule has 1 amide bonds. The van der Waals surface area contributed by atoms with Gasteiger partial charge in [0.25, 0.3) is 16.0 Å². The number of aromatic hydroxyl groups is 1. The second-order valence-electron chi connectivity index (χ2n) is 8.31. The molecule has 9 nitrogen and oxygen atoms in total. The van der Waals surface area contributed by atoms with Crippen molar-refractivity contribution >= 4 is 67.1 Å². The number of rotatable bonds is 8. The van der Waals surface area contributed by atoms with Crippen molar-refractivity contribution in [3.05, 3.63) is 81.8 Å². The lowest BCUT2D eigenvalue weighted by Crippen LogP contribution is -2.13. The number of hydrogen-bond donors (Lipinski definition) is 3. The van der Waals surface area contributed by atoms with Gasteiger partial charge in [-0.3, -0.25) is 9.35 Å². The van der Waals surface area contributed by atoms with E-state index in [9.17, 15) is 22.9 Å². The summed E-state index contributed by atoms with van der Waals surface area (Å²) in [5, 5.41) is 23.8. The number of ether oxygens (including phenoxy) is 1. The first-order valence-electron chi connectivity index (χ1n) is 11.7. The minimum atomic E-state index is -4.49. The van der Waals surface area contributed by atoms with Crippen molar-refractivity contribution in [2.75, 3.05) is 11.9 Å². The maximum absolute atomic E-state index is 13.3. The first-order chi connectivity index (χ1) is 18.5. The van der Waals surface area contributed by atoms with Gasteiger partial charge in [0.05, 0.1) is 27.8 Å². The molecule has 0 aliphatic carbocycles. The molecular formula is C27H23Cl2N3O6S. The molecule has 0 fully saturated rings. The van der Waals surface area contributed by atoms with E-state index in [-0.39, 0.29) is 26.9 Å². The number of fused-ring (bicyclic) bond motifs is 1. The lowest BCUT2D eigenvalue weighted by molar-refractivity contribution is 0.102. The molecule has 3 N–H and O–H groups in total. The Labute approximate surface area is 234 Å². The van der Waals surface area contributed by atoms with E-state index in [1.54, 1.807) is 50.2 Å². The van der Waals surface area contributed by atoms with Gasteiger partial charge in [0, 0.05) is 10.4 Å². The molecule has 0 aliphatic heterocycles. The first-order valence-corrected chi connectivity index (χ1v) is 13.9. The normalized spacial score (nSPS) is 11.7. The summed E-state index contributed by atoms with van der Waals surface area (Å²) in [6.07, 6.45) is 0.328. The molecule has 39 heavy (non-hydrogen) atoms. The van der Waals surface area contributed by atoms with Gasteiger partial charge in [-0.25, -0.2) is 0 Å². The van der Waals surface area contributed by atoms with Gasteiger partial charge < -0.3 is 15.2 Å². The third kappa shape index (κ3) is 6.15. The fourth-order valence-corrected chi connectivity index (χ4v) is 4.99. The quantitative estimate of drug-likeness (QED) is 0.142. The third-order valence-electron chi connectivity index (χ3n) is 5.77. The average Bonchev–Trinajstić information content (AvgIpc) is 2.89. The van der Waals surface area contributed by atoms with Crippen LogP contribution in [-0.4, -0.2) is 30.6 Å². The van der Waals surface area contributed by atoms with E-state index in [0.29, 0.717) is 45.8 Å². The van der Waals surface area contributed by atoms with Crippen LogP contribution >= 0.6 is 23.2 Å². The van der Waals surface area contributed by atoms with Gasteiger partial charge in [0.1, 0.15) is 17.1 Å². The Morgan fingerprint density at radius 3 is 2.41 bits per heavy atom. The van der Waals surface area contributed by atoms with E-state index < -0.39 is 21.8 Å². The molecule has 202 valence electrons. The van der Waals surface area contributed by atoms with Crippen LogP contribution in [-0.2, 0) is 16.5 Å². The zero-order valence-electron chi connectivity index (χ0n) is 20.8. The predicted molar refractivity (Wildman–Crippen MR) is 151 cm³/mol. The SMILES string of the molecule is CCOc1ccc(Cl)cc1NC(=O)c1cc2ccccc2c(N=Nc2c(Cl)cc(S(=O)(=O)O)cc2CC)c1O. The minimum absolute atomic E-state index is 0.00588. The van der Waals surface area contributed by atoms with Crippen LogP contribution in [0.1, 0.15) is 29.8 Å². The summed E-state index contributed by atoms with van der Waals surface area (Å²) in [6, 6.07) is 15.6. The van der Waals surface area contributed by atoms with Gasteiger partial charge in [0.15, 0.2) is 5.75 Å². The van der Waals surface area contributed by atoms with Crippen LogP contribution in [0.5, 0.6) is 11.5 Å². The molecule has 0 unspecified atom stereocenters. The molecule has 4 aromatic rings. The molecule has 4 aromatic carbocycles. The summed E-state index contributed by atoms with van der Waals surface area (Å²) in [6.45, 7) is 3.92. The predicted octanol–water partition coefficient (Wildman–Crippen LogP) is 7.73. The van der Waals surface area contributed by atoms with Crippen molar-refractivity contribution < 1.29 is 27.6 Å². The molecule has 0 aliphatic rings. The zero-order chi connectivity index (χ0) is 28.3. The number of carbonyl (C=O) groups is 1. The van der Waals surface area contributed by atoms with E-state index in [4.69, 9.17) is 27.9 Å². The van der Waals surface area contributed by atoms with Crippen LogP contribution in [0.2, 0.25) is 10.0 Å². The molecule has 0 saturated carbocycles. The molecule has 0 atom stereocenters. The summed E-state index contributed by atoms with van der Waals surface area (Å²) in [5.74, 6) is -0.660. The zero-order valence-corrected chi connectivity index (χ0v) is 23.1. The molecule has 0 saturated heterocycles. The number of azo groups is 1. The number of phenolic OH excluding ortho intramolecular Hbond substituents is 1. The molecule has 0 spiro atoms. The highest BCUT2D eigenvalue weighted by molar-refractivity contribution is 7.85. The van der Waals surface area contributed by atoms with Crippen LogP contribution in [0.3, 0.4) is 0 Å². The van der Waals surface area contributed by atoms with E-state index in [2.05, 4.69) is 15.5 Å². The molecule has 0 heterocycles. The van der Waals surface area contributed by atoms with Crippen LogP contribution in [0.25, 0.3) is 10.8 Å². The Morgan fingerprint density at radius 2 is 1.72 bits per heavy atom. The number of hydrogen-bond acceptors (Lipinski definition) is 7. The van der Waals surface area contributed by atoms with Gasteiger partial charge in [-0.2, -0.15) is 8.42 Å². The summed E-state index contributed by atoms with van der Waals surface area (Å²) in [5.41, 5.74) is 0.814. The van der Waals surface area contributed by atoms with Crippen molar-refractivity contribution in [1.29, 1.82) is 0 Å². The molecule has 0 radical (unpaired) electrons. The minimum Gasteiger partial charge on any atom is -0.505 e. The first kappa shape index (κ1) is 28.3. The molecule has 0 aromatic heterocycles. The Hall–Kier alpha value is -3.70. The summed E-state index contributed by atoms with van der Waals surface area (Å²) < 4.78 is 38.2. The maximum atomic E-state index is 13.3. The summed E-state index contributed by atoms with van der Waals surface area (Å²) in [4.78, 5) is 12.9. The lowest BCUT2D eigenvalue weighted by atomic mass is 10.0. The van der Waals surface area contributed by atoms with Crippen molar-refractivity contribution in [2.24, 2.45) is 10.2 Å². The number of anilines is 1. The Morgan fingerprint density at radius 1 is 1.00 bits per heavy atom. The van der Waals surface area contributed by atoms with Crippen LogP contribution < -0.4 is 10.1 Å². The smallest absolute Gasteiger partial charge is 0.294 e. The molecular weight excluding hydrogens is 565 g/mol. The Kier molecular flexibility index (Phi) is 8.41. The molecule has 4 rings (SSSR count). The van der Waals surface area contributed by atoms with E-state index in [1.807, 2.05) is 0 Å². The third-order valence-corrected chi connectivity index (χ3v) is 7.13. The number of phenols is 1. The molecule has 0 bridgehead atoms. The number of benzene rings is 4.